The summed E-state index contributed by atoms with van der Waals surface area (Å²) < 4.78 is 0. The Labute approximate surface area is 187 Å². The normalized spacial score (nSPS) is 48.4. The van der Waals surface area contributed by atoms with Gasteiger partial charge < -0.3 is 15.3 Å². The maximum Gasteiger partial charge on any atom is 0.141 e. The number of fused-ring (bicyclic) bond motifs is 5. The van der Waals surface area contributed by atoms with E-state index in [0.29, 0.717) is 29.5 Å². The van der Waals surface area contributed by atoms with Gasteiger partial charge >= 0.3 is 0 Å². The second-order valence-corrected chi connectivity index (χ2v) is 11.3. The molecule has 0 bridgehead atoms. The third kappa shape index (κ3) is 3.17. The molecule has 0 amide bonds. The highest BCUT2D eigenvalue weighted by molar-refractivity contribution is 5.88. The molecule has 5 heteroatoms. The smallest absolute Gasteiger partial charge is 0.141 e. The molecule has 31 heavy (non-hydrogen) atoms. The van der Waals surface area contributed by atoms with Crippen LogP contribution < -0.4 is 5.32 Å². The molecule has 5 fully saturated rings. The number of oxime groups is 1. The molecule has 0 aromatic heterocycles. The van der Waals surface area contributed by atoms with Crippen molar-refractivity contribution in [3.05, 3.63) is 12.2 Å². The Kier molecular flexibility index (Phi) is 5.57. The van der Waals surface area contributed by atoms with Crippen molar-refractivity contribution < 1.29 is 14.7 Å². The van der Waals surface area contributed by atoms with Gasteiger partial charge in [0.05, 0.1) is 5.71 Å². The minimum absolute atomic E-state index is 0.110. The molecule has 2 N–H and O–H groups in total. The van der Waals surface area contributed by atoms with Crippen LogP contribution in [0.5, 0.6) is 0 Å². The first-order chi connectivity index (χ1) is 14.9. The standard InChI is InChI=1S/C26H40N2O3/c1-4-18-22(28-31-17-9-12-27-14-17)8-11-26(15-29)21-7-10-25(3)20(5-6-23(25)30)19(21)13-16(2)24(18)26/h17-21,24,27,29H,2,4-15H2,1,3H3. The van der Waals surface area contributed by atoms with Gasteiger partial charge in [0.15, 0.2) is 0 Å². The largest absolute Gasteiger partial charge is 0.396 e. The van der Waals surface area contributed by atoms with E-state index in [-0.39, 0.29) is 29.5 Å². The minimum atomic E-state index is -0.139. The number of nitrogens with one attached hydrogen (secondary N) is 1. The number of ketones is 1. The molecule has 1 aliphatic heterocycles. The molecule has 5 nitrogen and oxygen atoms in total. The van der Waals surface area contributed by atoms with Crippen molar-refractivity contribution in [1.29, 1.82) is 0 Å². The summed E-state index contributed by atoms with van der Waals surface area (Å²) in [6.45, 7) is 11.2. The molecule has 0 aromatic rings. The van der Waals surface area contributed by atoms with Crippen molar-refractivity contribution in [1.82, 2.24) is 5.32 Å². The molecule has 1 saturated heterocycles. The minimum Gasteiger partial charge on any atom is -0.396 e. The molecule has 8 unspecified atom stereocenters. The van der Waals surface area contributed by atoms with Crippen LogP contribution in [0.3, 0.4) is 0 Å². The molecule has 5 rings (SSSR count). The molecular weight excluding hydrogens is 388 g/mol. The van der Waals surface area contributed by atoms with Crippen LogP contribution >= 0.6 is 0 Å². The molecule has 8 atom stereocenters. The summed E-state index contributed by atoms with van der Waals surface area (Å²) in [6.07, 6.45) is 8.94. The summed E-state index contributed by atoms with van der Waals surface area (Å²) >= 11 is 0. The van der Waals surface area contributed by atoms with E-state index in [1.165, 1.54) is 11.3 Å². The van der Waals surface area contributed by atoms with E-state index >= 15 is 0 Å². The predicted octanol–water partition coefficient (Wildman–Crippen LogP) is 4.11. The van der Waals surface area contributed by atoms with Crippen LogP contribution in [0.4, 0.5) is 0 Å². The highest BCUT2D eigenvalue weighted by Gasteiger charge is 2.63. The van der Waals surface area contributed by atoms with Gasteiger partial charge in [-0.1, -0.05) is 31.2 Å². The van der Waals surface area contributed by atoms with Crippen LogP contribution in [0.1, 0.15) is 71.6 Å². The molecule has 4 saturated carbocycles. The first-order valence-corrected chi connectivity index (χ1v) is 12.7. The average molecular weight is 429 g/mol. The van der Waals surface area contributed by atoms with Gasteiger partial charge in [0, 0.05) is 42.7 Å². The van der Waals surface area contributed by atoms with Gasteiger partial charge in [-0.15, -0.1) is 0 Å². The summed E-state index contributed by atoms with van der Waals surface area (Å²) in [5.74, 6) is 2.52. The van der Waals surface area contributed by atoms with E-state index in [1.54, 1.807) is 0 Å². The van der Waals surface area contributed by atoms with E-state index in [2.05, 4.69) is 25.7 Å². The van der Waals surface area contributed by atoms with E-state index in [9.17, 15) is 9.90 Å². The van der Waals surface area contributed by atoms with E-state index in [0.717, 1.165) is 70.9 Å². The number of aliphatic hydroxyl groups is 1. The third-order valence-electron chi connectivity index (χ3n) is 10.2. The zero-order valence-electron chi connectivity index (χ0n) is 19.4. The fourth-order valence-corrected chi connectivity index (χ4v) is 8.63. The zero-order chi connectivity index (χ0) is 21.8. The Morgan fingerprint density at radius 2 is 2.06 bits per heavy atom. The number of allylic oxidation sites excluding steroid dienone is 1. The van der Waals surface area contributed by atoms with Crippen molar-refractivity contribution in [2.75, 3.05) is 19.7 Å². The number of aliphatic hydroxyl groups excluding tert-OH is 1. The number of Topliss-reactive ketones (excluding diaryl/α,β-unsaturated/α-hetero) is 1. The molecule has 1 heterocycles. The molecule has 0 radical (unpaired) electrons. The maximum absolute atomic E-state index is 12.7. The monoisotopic (exact) mass is 428 g/mol. The van der Waals surface area contributed by atoms with Gasteiger partial charge in [-0.3, -0.25) is 4.79 Å². The van der Waals surface area contributed by atoms with Crippen LogP contribution in [0, 0.1) is 40.4 Å². The van der Waals surface area contributed by atoms with Gasteiger partial charge in [0.25, 0.3) is 0 Å². The molecule has 4 aliphatic carbocycles. The van der Waals surface area contributed by atoms with Crippen LogP contribution in [0.25, 0.3) is 0 Å². The lowest BCUT2D eigenvalue weighted by Gasteiger charge is -2.62. The summed E-state index contributed by atoms with van der Waals surface area (Å²) in [6, 6.07) is 0. The highest BCUT2D eigenvalue weighted by atomic mass is 16.6. The van der Waals surface area contributed by atoms with Gasteiger partial charge in [-0.05, 0) is 75.2 Å². The average Bonchev–Trinajstić information content (AvgIpc) is 3.40. The number of carbonyl (C=O) groups excluding carboxylic acids is 1. The van der Waals surface area contributed by atoms with Crippen LogP contribution in [0.15, 0.2) is 17.3 Å². The topological polar surface area (TPSA) is 70.9 Å². The molecule has 0 spiro atoms. The maximum atomic E-state index is 12.7. The van der Waals surface area contributed by atoms with Crippen LogP contribution in [0.2, 0.25) is 0 Å². The van der Waals surface area contributed by atoms with Crippen molar-refractivity contribution in [3.63, 3.8) is 0 Å². The summed E-state index contributed by atoms with van der Waals surface area (Å²) in [5.41, 5.74) is 2.22. The Balaban J connectivity index is 1.45. The highest BCUT2D eigenvalue weighted by Crippen LogP contribution is 2.67. The lowest BCUT2D eigenvalue weighted by molar-refractivity contribution is -0.140. The van der Waals surface area contributed by atoms with E-state index in [1.807, 2.05) is 0 Å². The van der Waals surface area contributed by atoms with E-state index in [4.69, 9.17) is 9.99 Å². The molecular formula is C26H40N2O3. The van der Waals surface area contributed by atoms with Gasteiger partial charge in [-0.2, -0.15) is 0 Å². The number of rotatable bonds is 4. The fraction of sp³-hybridized carbons (Fsp3) is 0.846. The van der Waals surface area contributed by atoms with Crippen molar-refractivity contribution in [2.24, 2.45) is 45.6 Å². The van der Waals surface area contributed by atoms with Gasteiger partial charge in [-0.25, -0.2) is 0 Å². The Bertz CT molecular complexity index is 773. The number of hydrogen-bond acceptors (Lipinski definition) is 5. The van der Waals surface area contributed by atoms with Gasteiger partial charge in [0.1, 0.15) is 11.9 Å². The second-order valence-electron chi connectivity index (χ2n) is 11.3. The van der Waals surface area contributed by atoms with Crippen molar-refractivity contribution in [3.8, 4) is 0 Å². The van der Waals surface area contributed by atoms with Crippen molar-refractivity contribution in [2.45, 2.75) is 77.7 Å². The van der Waals surface area contributed by atoms with Crippen LogP contribution in [-0.2, 0) is 9.63 Å². The molecule has 0 aromatic carbocycles. The summed E-state index contributed by atoms with van der Waals surface area (Å²) in [5, 5.41) is 18.9. The first kappa shape index (κ1) is 21.6. The molecule has 172 valence electrons. The lowest BCUT2D eigenvalue weighted by atomic mass is 9.42. The van der Waals surface area contributed by atoms with Gasteiger partial charge in [0.2, 0.25) is 0 Å². The number of hydrogen-bond donors (Lipinski definition) is 2. The summed E-state index contributed by atoms with van der Waals surface area (Å²) in [4.78, 5) is 18.7. The Morgan fingerprint density at radius 1 is 1.23 bits per heavy atom. The fourth-order valence-electron chi connectivity index (χ4n) is 8.63. The lowest BCUT2D eigenvalue weighted by Crippen LogP contribution is -2.59. The van der Waals surface area contributed by atoms with Crippen LogP contribution in [-0.4, -0.2) is 42.4 Å². The number of nitrogens with zero attached hydrogens (tertiary/aromatic N) is 1. The molecule has 5 aliphatic rings. The Morgan fingerprint density at radius 3 is 2.77 bits per heavy atom. The predicted molar refractivity (Wildman–Crippen MR) is 122 cm³/mol. The summed E-state index contributed by atoms with van der Waals surface area (Å²) in [7, 11) is 0. The number of carbonyl (C=O) groups is 1. The first-order valence-electron chi connectivity index (χ1n) is 12.7. The second kappa shape index (κ2) is 7.98. The zero-order valence-corrected chi connectivity index (χ0v) is 19.4. The Hall–Kier alpha value is -1.20. The quantitative estimate of drug-likeness (QED) is 0.522. The van der Waals surface area contributed by atoms with E-state index < -0.39 is 0 Å². The third-order valence-corrected chi connectivity index (χ3v) is 10.2. The van der Waals surface area contributed by atoms with Crippen molar-refractivity contribution >= 4 is 11.5 Å². The SMILES string of the molecule is C=C1CC2C3CCC(=O)C3(C)CCC2C2(CO)CCC(=NOC3CCNC3)C(CC)C12.